The minimum atomic E-state index is -0.544. The quantitative estimate of drug-likeness (QED) is 0.318. The van der Waals surface area contributed by atoms with Gasteiger partial charge in [0.25, 0.3) is 5.56 Å². The number of benzene rings is 2. The summed E-state index contributed by atoms with van der Waals surface area (Å²) in [7, 11) is 0. The molecule has 6 nitrogen and oxygen atoms in total. The summed E-state index contributed by atoms with van der Waals surface area (Å²) >= 11 is 2.66. The number of hydrogen-bond donors (Lipinski definition) is 1. The van der Waals surface area contributed by atoms with E-state index in [2.05, 4.69) is 4.98 Å². The third kappa shape index (κ3) is 4.51. The largest absolute Gasteiger partial charge is 0.378 e. The van der Waals surface area contributed by atoms with Crippen molar-refractivity contribution in [1.29, 1.82) is 0 Å². The van der Waals surface area contributed by atoms with Gasteiger partial charge < -0.3 is 14.6 Å². The molecule has 174 valence electrons. The molecule has 0 unspecified atom stereocenters. The van der Waals surface area contributed by atoms with Gasteiger partial charge in [0.2, 0.25) is 5.91 Å². The van der Waals surface area contributed by atoms with Gasteiger partial charge in [-0.1, -0.05) is 54.2 Å². The molecule has 0 aliphatic carbocycles. The van der Waals surface area contributed by atoms with E-state index in [0.29, 0.717) is 41.7 Å². The van der Waals surface area contributed by atoms with Gasteiger partial charge in [0.15, 0.2) is 5.16 Å². The van der Waals surface area contributed by atoms with Crippen LogP contribution in [0.4, 0.5) is 4.39 Å². The lowest BCUT2D eigenvalue weighted by molar-refractivity contribution is -0.134. The maximum Gasteiger partial charge on any atom is 0.260 e. The van der Waals surface area contributed by atoms with E-state index < -0.39 is 5.25 Å². The minimum Gasteiger partial charge on any atom is -0.378 e. The molecule has 0 bridgehead atoms. The zero-order valence-electron chi connectivity index (χ0n) is 18.4. The minimum absolute atomic E-state index is 0.0309. The van der Waals surface area contributed by atoms with Crippen LogP contribution in [0.2, 0.25) is 0 Å². The summed E-state index contributed by atoms with van der Waals surface area (Å²) in [6.07, 6.45) is 0. The topological polar surface area (TPSA) is 75.3 Å². The Balaban J connectivity index is 1.53. The molecular formula is C25H22FN3O3S2. The third-order valence-electron chi connectivity index (χ3n) is 5.73. The van der Waals surface area contributed by atoms with E-state index in [-0.39, 0.29) is 17.3 Å². The number of fused-ring (bicyclic) bond motifs is 1. The van der Waals surface area contributed by atoms with E-state index in [0.717, 1.165) is 21.6 Å². The molecule has 0 saturated carbocycles. The Morgan fingerprint density at radius 3 is 2.56 bits per heavy atom. The van der Waals surface area contributed by atoms with Crippen LogP contribution in [0.5, 0.6) is 0 Å². The predicted molar refractivity (Wildman–Crippen MR) is 133 cm³/mol. The number of nitrogens with one attached hydrogen (secondary N) is 1. The molecule has 34 heavy (non-hydrogen) atoms. The van der Waals surface area contributed by atoms with Crippen LogP contribution in [0, 0.1) is 12.7 Å². The highest BCUT2D eigenvalue weighted by Crippen LogP contribution is 2.39. The molecule has 5 rings (SSSR count). The van der Waals surface area contributed by atoms with E-state index in [1.165, 1.54) is 35.2 Å². The summed E-state index contributed by atoms with van der Waals surface area (Å²) in [6, 6.07) is 15.6. The molecule has 2 aromatic carbocycles. The van der Waals surface area contributed by atoms with Crippen molar-refractivity contribution in [3.8, 4) is 11.1 Å². The molecule has 3 heterocycles. The van der Waals surface area contributed by atoms with Crippen LogP contribution in [0.1, 0.15) is 15.7 Å². The fourth-order valence-electron chi connectivity index (χ4n) is 4.07. The zero-order valence-corrected chi connectivity index (χ0v) is 20.0. The summed E-state index contributed by atoms with van der Waals surface area (Å²) < 4.78 is 18.8. The number of carbonyl (C=O) groups is 1. The molecule has 1 N–H and O–H groups in total. The van der Waals surface area contributed by atoms with Crippen LogP contribution in [-0.2, 0) is 9.53 Å². The molecule has 1 saturated heterocycles. The molecule has 1 fully saturated rings. The van der Waals surface area contributed by atoms with Crippen LogP contribution < -0.4 is 5.56 Å². The number of carbonyl (C=O) groups excluding carboxylic acids is 1. The van der Waals surface area contributed by atoms with Crippen LogP contribution in [-0.4, -0.2) is 47.1 Å². The Kier molecular flexibility index (Phi) is 6.49. The van der Waals surface area contributed by atoms with E-state index in [9.17, 15) is 14.0 Å². The van der Waals surface area contributed by atoms with E-state index in [1.54, 1.807) is 17.0 Å². The van der Waals surface area contributed by atoms with Gasteiger partial charge in [-0.25, -0.2) is 9.37 Å². The summed E-state index contributed by atoms with van der Waals surface area (Å²) in [5.41, 5.74) is 2.10. The van der Waals surface area contributed by atoms with Crippen LogP contribution in [0.3, 0.4) is 0 Å². The fraction of sp³-hybridized carbons (Fsp3) is 0.240. The summed E-state index contributed by atoms with van der Waals surface area (Å²) in [6.45, 7) is 4.03. The summed E-state index contributed by atoms with van der Waals surface area (Å²) in [5.74, 6) is -0.361. The first-order valence-corrected chi connectivity index (χ1v) is 12.6. The Labute approximate surface area is 203 Å². The summed E-state index contributed by atoms with van der Waals surface area (Å²) in [4.78, 5) is 37.5. The third-order valence-corrected chi connectivity index (χ3v) is 7.85. The lowest BCUT2D eigenvalue weighted by Crippen LogP contribution is -2.42. The van der Waals surface area contributed by atoms with Crippen molar-refractivity contribution in [2.75, 3.05) is 26.3 Å². The number of ether oxygens (including phenoxy) is 1. The maximum atomic E-state index is 13.4. The molecule has 1 amide bonds. The molecule has 1 aliphatic heterocycles. The van der Waals surface area contributed by atoms with Crippen molar-refractivity contribution in [2.24, 2.45) is 0 Å². The molecule has 9 heteroatoms. The molecule has 4 aromatic rings. The van der Waals surface area contributed by atoms with Crippen molar-refractivity contribution >= 4 is 39.2 Å². The van der Waals surface area contributed by atoms with Gasteiger partial charge >= 0.3 is 0 Å². The molecule has 0 radical (unpaired) electrons. The molecule has 1 atom stereocenters. The number of thioether (sulfide) groups is 1. The molecule has 0 spiro atoms. The maximum absolute atomic E-state index is 13.4. The lowest BCUT2D eigenvalue weighted by atomic mass is 10.0. The van der Waals surface area contributed by atoms with Gasteiger partial charge in [0.05, 0.1) is 18.6 Å². The molecule has 1 aliphatic rings. The van der Waals surface area contributed by atoms with E-state index in [4.69, 9.17) is 9.72 Å². The number of aromatic amines is 1. The first-order chi connectivity index (χ1) is 16.5. The fourth-order valence-corrected chi connectivity index (χ4v) is 6.23. The first kappa shape index (κ1) is 22.8. The Morgan fingerprint density at radius 1 is 1.15 bits per heavy atom. The van der Waals surface area contributed by atoms with Gasteiger partial charge in [-0.2, -0.15) is 0 Å². The Morgan fingerprint density at radius 2 is 1.85 bits per heavy atom. The van der Waals surface area contributed by atoms with Crippen molar-refractivity contribution < 1.29 is 13.9 Å². The van der Waals surface area contributed by atoms with E-state index >= 15 is 0 Å². The highest BCUT2D eigenvalue weighted by Gasteiger charge is 2.29. The number of halogens is 1. The number of aromatic nitrogens is 2. The predicted octanol–water partition coefficient (Wildman–Crippen LogP) is 4.79. The van der Waals surface area contributed by atoms with Gasteiger partial charge in [0, 0.05) is 23.5 Å². The second-order valence-corrected chi connectivity index (χ2v) is 10.2. The van der Waals surface area contributed by atoms with Gasteiger partial charge in [-0.05, 0) is 30.2 Å². The number of aryl methyl sites for hydroxylation is 1. The number of nitrogens with zero attached hydrogens (tertiary/aromatic N) is 2. The molecular weight excluding hydrogens is 473 g/mol. The standard InChI is InChI=1S/C25H22FN3O3S2/c1-15-19(16-7-9-18(26)10-8-16)20-22(30)27-25(28-23(20)33-15)34-21(17-5-3-2-4-6-17)24(31)29-11-13-32-14-12-29/h2-10,21H,11-14H2,1H3,(H,27,28,30)/t21-/m0/s1. The smallest absolute Gasteiger partial charge is 0.260 e. The van der Waals surface area contributed by atoms with Crippen molar-refractivity contribution in [3.05, 3.63) is 81.2 Å². The number of rotatable bonds is 5. The lowest BCUT2D eigenvalue weighted by Gasteiger charge is -2.30. The van der Waals surface area contributed by atoms with Gasteiger partial charge in [0.1, 0.15) is 15.9 Å². The van der Waals surface area contributed by atoms with Crippen LogP contribution in [0.25, 0.3) is 21.3 Å². The monoisotopic (exact) mass is 495 g/mol. The van der Waals surface area contributed by atoms with Crippen LogP contribution >= 0.6 is 23.1 Å². The molecule has 2 aromatic heterocycles. The summed E-state index contributed by atoms with van der Waals surface area (Å²) in [5, 5.41) is 0.326. The van der Waals surface area contributed by atoms with E-state index in [1.807, 2.05) is 37.3 Å². The van der Waals surface area contributed by atoms with Crippen LogP contribution in [0.15, 0.2) is 64.5 Å². The van der Waals surface area contributed by atoms with Gasteiger partial charge in [-0.15, -0.1) is 11.3 Å². The SMILES string of the molecule is Cc1sc2nc(S[C@H](C(=O)N3CCOCC3)c3ccccc3)[nH]c(=O)c2c1-c1ccc(F)cc1. The number of morpholine rings is 1. The van der Waals surface area contributed by atoms with Crippen molar-refractivity contribution in [1.82, 2.24) is 14.9 Å². The number of thiophene rings is 1. The first-order valence-electron chi connectivity index (χ1n) is 10.9. The number of amides is 1. The van der Waals surface area contributed by atoms with Crippen molar-refractivity contribution in [3.63, 3.8) is 0 Å². The second-order valence-electron chi connectivity index (χ2n) is 7.94. The average Bonchev–Trinajstić information content (AvgIpc) is 3.20. The highest BCUT2D eigenvalue weighted by molar-refractivity contribution is 8.00. The number of H-pyrrole nitrogens is 1. The second kappa shape index (κ2) is 9.69. The highest BCUT2D eigenvalue weighted by atomic mass is 32.2. The van der Waals surface area contributed by atoms with Gasteiger partial charge in [-0.3, -0.25) is 9.59 Å². The zero-order chi connectivity index (χ0) is 23.7. The Hall–Kier alpha value is -3.01. The number of hydrogen-bond acceptors (Lipinski definition) is 6. The normalized spacial score (nSPS) is 14.9. The Bertz CT molecular complexity index is 1380. The average molecular weight is 496 g/mol. The van der Waals surface area contributed by atoms with Crippen molar-refractivity contribution in [2.45, 2.75) is 17.3 Å².